The molecule has 2 aromatic rings. The highest BCUT2D eigenvalue weighted by molar-refractivity contribution is 9.10. The normalized spacial score (nSPS) is 10.3. The van der Waals surface area contributed by atoms with Gasteiger partial charge in [-0.2, -0.15) is 0 Å². The van der Waals surface area contributed by atoms with E-state index in [1.54, 1.807) is 0 Å². The number of nitrogen functional groups attached to an aromatic ring is 1. The van der Waals surface area contributed by atoms with Crippen LogP contribution in [0.15, 0.2) is 40.9 Å². The maximum Gasteiger partial charge on any atom is 0.258 e. The Hall–Kier alpha value is -1.95. The van der Waals surface area contributed by atoms with E-state index in [0.717, 1.165) is 12.1 Å². The maximum absolute atomic E-state index is 13.5. The second kappa shape index (κ2) is 5.36. The van der Waals surface area contributed by atoms with Gasteiger partial charge >= 0.3 is 0 Å². The van der Waals surface area contributed by atoms with Gasteiger partial charge in [0.15, 0.2) is 0 Å². The van der Waals surface area contributed by atoms with Gasteiger partial charge in [-0.25, -0.2) is 8.78 Å². The summed E-state index contributed by atoms with van der Waals surface area (Å²) >= 11 is 3.13. The Morgan fingerprint density at radius 3 is 2.58 bits per heavy atom. The van der Waals surface area contributed by atoms with Crippen molar-refractivity contribution in [2.24, 2.45) is 0 Å². The molecule has 1 amide bonds. The molecule has 0 unspecified atom stereocenters. The minimum absolute atomic E-state index is 0.0729. The van der Waals surface area contributed by atoms with Crippen LogP contribution in [0, 0.1) is 11.6 Å². The van der Waals surface area contributed by atoms with E-state index in [0.29, 0.717) is 4.47 Å². The minimum atomic E-state index is -0.768. The molecule has 6 heteroatoms. The van der Waals surface area contributed by atoms with Crippen molar-refractivity contribution in [3.05, 3.63) is 58.1 Å². The lowest BCUT2D eigenvalue weighted by Gasteiger charge is -2.09. The third-order valence-corrected chi connectivity index (χ3v) is 2.95. The van der Waals surface area contributed by atoms with Crippen LogP contribution in [0.1, 0.15) is 10.4 Å². The van der Waals surface area contributed by atoms with Crippen LogP contribution in [-0.4, -0.2) is 5.91 Å². The number of benzene rings is 2. The van der Waals surface area contributed by atoms with Crippen molar-refractivity contribution in [2.45, 2.75) is 0 Å². The lowest BCUT2D eigenvalue weighted by molar-refractivity contribution is 0.102. The zero-order valence-electron chi connectivity index (χ0n) is 9.58. The van der Waals surface area contributed by atoms with Gasteiger partial charge in [-0.15, -0.1) is 0 Å². The summed E-state index contributed by atoms with van der Waals surface area (Å²) in [5, 5.41) is 2.26. The van der Waals surface area contributed by atoms with Crippen LogP contribution in [-0.2, 0) is 0 Å². The van der Waals surface area contributed by atoms with Crippen molar-refractivity contribution in [1.82, 2.24) is 0 Å². The number of hydrogen-bond acceptors (Lipinski definition) is 2. The van der Waals surface area contributed by atoms with E-state index >= 15 is 0 Å². The van der Waals surface area contributed by atoms with Gasteiger partial charge in [0.1, 0.15) is 17.3 Å². The average molecular weight is 327 g/mol. The molecule has 2 aromatic carbocycles. The number of halogens is 3. The zero-order valence-corrected chi connectivity index (χ0v) is 11.2. The van der Waals surface area contributed by atoms with Crippen molar-refractivity contribution in [3.8, 4) is 0 Å². The van der Waals surface area contributed by atoms with E-state index in [9.17, 15) is 13.6 Å². The zero-order chi connectivity index (χ0) is 14.0. The second-order valence-electron chi connectivity index (χ2n) is 3.78. The van der Waals surface area contributed by atoms with Crippen LogP contribution in [0.3, 0.4) is 0 Å². The molecular formula is C13H9BrF2N2O. The Bertz CT molecular complexity index is 626. The second-order valence-corrected chi connectivity index (χ2v) is 4.70. The largest absolute Gasteiger partial charge is 0.397 e. The quantitative estimate of drug-likeness (QED) is 0.829. The maximum atomic E-state index is 13.5. The fraction of sp³-hybridized carbons (Fsp3) is 0. The van der Waals surface area contributed by atoms with Gasteiger partial charge in [-0.05, 0) is 30.3 Å². The summed E-state index contributed by atoms with van der Waals surface area (Å²) in [6.45, 7) is 0. The molecule has 0 heterocycles. The van der Waals surface area contributed by atoms with Crippen LogP contribution >= 0.6 is 15.9 Å². The molecule has 0 aliphatic rings. The summed E-state index contributed by atoms with van der Waals surface area (Å²) in [5.41, 5.74) is 5.27. The molecule has 19 heavy (non-hydrogen) atoms. The Kier molecular flexibility index (Phi) is 3.80. The molecular weight excluding hydrogens is 318 g/mol. The topological polar surface area (TPSA) is 55.1 Å². The molecule has 0 saturated heterocycles. The van der Waals surface area contributed by atoms with Gasteiger partial charge in [0, 0.05) is 4.47 Å². The predicted molar refractivity (Wildman–Crippen MR) is 72.9 cm³/mol. The monoisotopic (exact) mass is 326 g/mol. The first-order chi connectivity index (χ1) is 8.99. The molecule has 0 spiro atoms. The average Bonchev–Trinajstić information content (AvgIpc) is 2.37. The Morgan fingerprint density at radius 2 is 1.89 bits per heavy atom. The van der Waals surface area contributed by atoms with Crippen molar-refractivity contribution >= 4 is 33.2 Å². The van der Waals surface area contributed by atoms with Crippen molar-refractivity contribution in [1.29, 1.82) is 0 Å². The number of carbonyl (C=O) groups is 1. The fourth-order valence-corrected chi connectivity index (χ4v) is 1.89. The van der Waals surface area contributed by atoms with Crippen LogP contribution in [0.4, 0.5) is 20.2 Å². The molecule has 3 N–H and O–H groups in total. The Balaban J connectivity index is 2.34. The van der Waals surface area contributed by atoms with Crippen LogP contribution in [0.2, 0.25) is 0 Å². The number of anilines is 2. The summed E-state index contributed by atoms with van der Waals surface area (Å²) in [5.74, 6) is -2.14. The molecule has 0 aromatic heterocycles. The highest BCUT2D eigenvalue weighted by Crippen LogP contribution is 2.23. The minimum Gasteiger partial charge on any atom is -0.397 e. The van der Waals surface area contributed by atoms with E-state index in [4.69, 9.17) is 5.73 Å². The number of nitrogens with one attached hydrogen (secondary N) is 1. The molecule has 0 saturated carbocycles. The molecule has 0 radical (unpaired) electrons. The van der Waals surface area contributed by atoms with E-state index in [2.05, 4.69) is 21.2 Å². The van der Waals surface area contributed by atoms with Crippen molar-refractivity contribution < 1.29 is 13.6 Å². The number of hydrogen-bond donors (Lipinski definition) is 2. The molecule has 3 nitrogen and oxygen atoms in total. The highest BCUT2D eigenvalue weighted by atomic mass is 79.9. The first kappa shape index (κ1) is 13.5. The number of para-hydroxylation sites is 1. The summed E-state index contributed by atoms with van der Waals surface area (Å²) in [6, 6.07) is 7.92. The summed E-state index contributed by atoms with van der Waals surface area (Å²) < 4.78 is 27.6. The van der Waals surface area contributed by atoms with E-state index in [-0.39, 0.29) is 16.9 Å². The summed E-state index contributed by atoms with van der Waals surface area (Å²) in [7, 11) is 0. The molecule has 98 valence electrons. The highest BCUT2D eigenvalue weighted by Gasteiger charge is 2.15. The lowest BCUT2D eigenvalue weighted by Crippen LogP contribution is -2.16. The first-order valence-corrected chi connectivity index (χ1v) is 6.08. The number of amides is 1. The summed E-state index contributed by atoms with van der Waals surface area (Å²) in [4.78, 5) is 11.9. The van der Waals surface area contributed by atoms with E-state index in [1.165, 1.54) is 24.3 Å². The predicted octanol–water partition coefficient (Wildman–Crippen LogP) is 3.56. The first-order valence-electron chi connectivity index (χ1n) is 5.29. The van der Waals surface area contributed by atoms with Crippen LogP contribution in [0.25, 0.3) is 0 Å². The fourth-order valence-electron chi connectivity index (χ4n) is 1.53. The Labute approximate surface area is 116 Å². The van der Waals surface area contributed by atoms with Gasteiger partial charge in [-0.3, -0.25) is 4.79 Å². The van der Waals surface area contributed by atoms with Gasteiger partial charge in [0.25, 0.3) is 5.91 Å². The van der Waals surface area contributed by atoms with Gasteiger partial charge < -0.3 is 11.1 Å². The van der Waals surface area contributed by atoms with Gasteiger partial charge in [0.05, 0.1) is 11.3 Å². The van der Waals surface area contributed by atoms with Gasteiger partial charge in [0.2, 0.25) is 0 Å². The third kappa shape index (κ3) is 2.90. The van der Waals surface area contributed by atoms with E-state index < -0.39 is 17.5 Å². The van der Waals surface area contributed by atoms with Crippen LogP contribution < -0.4 is 11.1 Å². The standard InChI is InChI=1S/C13H9BrF2N2O/c14-7-4-5-9(15)8(6-7)13(19)18-12-10(16)2-1-3-11(12)17/h1-6H,17H2,(H,18,19). The molecule has 0 aliphatic heterocycles. The van der Waals surface area contributed by atoms with Gasteiger partial charge in [-0.1, -0.05) is 22.0 Å². The SMILES string of the molecule is Nc1cccc(F)c1NC(=O)c1cc(Br)ccc1F. The van der Waals surface area contributed by atoms with Crippen LogP contribution in [0.5, 0.6) is 0 Å². The Morgan fingerprint density at radius 1 is 1.16 bits per heavy atom. The molecule has 2 rings (SSSR count). The van der Waals surface area contributed by atoms with E-state index in [1.807, 2.05) is 0 Å². The smallest absolute Gasteiger partial charge is 0.258 e. The van der Waals surface area contributed by atoms with Crippen molar-refractivity contribution in [2.75, 3.05) is 11.1 Å². The molecule has 0 aliphatic carbocycles. The third-order valence-electron chi connectivity index (χ3n) is 2.46. The summed E-state index contributed by atoms with van der Waals surface area (Å²) in [6.07, 6.45) is 0. The molecule has 0 fully saturated rings. The number of carbonyl (C=O) groups excluding carboxylic acids is 1. The molecule has 0 bridgehead atoms. The number of nitrogens with two attached hydrogens (primary N) is 1. The number of rotatable bonds is 2. The van der Waals surface area contributed by atoms with Crippen molar-refractivity contribution in [3.63, 3.8) is 0 Å². The molecule has 0 atom stereocenters. The lowest BCUT2D eigenvalue weighted by atomic mass is 10.2.